The molecular weight excluding hydrogens is 368 g/mol. The molecule has 4 N–H and O–H groups in total. The Morgan fingerprint density at radius 2 is 0.893 bits per heavy atom. The van der Waals surface area contributed by atoms with Crippen LogP contribution in [0.25, 0.3) is 0 Å². The monoisotopic (exact) mass is 390 g/mol. The maximum absolute atomic E-state index is 12.1. The Morgan fingerprint density at radius 3 is 1.14 bits per heavy atom. The summed E-state index contributed by atoms with van der Waals surface area (Å²) in [6.45, 7) is 0. The number of hydrogen-bond acceptors (Lipinski definition) is 8. The summed E-state index contributed by atoms with van der Waals surface area (Å²) in [5.74, 6) is -0.189. The van der Waals surface area contributed by atoms with Crippen molar-refractivity contribution in [3.63, 3.8) is 0 Å². The van der Waals surface area contributed by atoms with Crippen LogP contribution in [0.5, 0.6) is 23.0 Å². The van der Waals surface area contributed by atoms with Crippen molar-refractivity contribution in [1.82, 2.24) is 10.9 Å². The summed E-state index contributed by atoms with van der Waals surface area (Å²) in [6.07, 6.45) is 0. The highest BCUT2D eigenvalue weighted by atomic mass is 16.5. The molecule has 0 aromatic heterocycles. The zero-order chi connectivity index (χ0) is 20.5. The molecule has 28 heavy (non-hydrogen) atoms. The number of rotatable bonds is 8. The van der Waals surface area contributed by atoms with E-state index in [9.17, 15) is 9.59 Å². The molecule has 0 aliphatic rings. The lowest BCUT2D eigenvalue weighted by molar-refractivity contribution is -0.138. The summed E-state index contributed by atoms with van der Waals surface area (Å²) in [5, 5.41) is 0. The predicted octanol–water partition coefficient (Wildman–Crippen LogP) is 1.31. The molecule has 0 unspecified atom stereocenters. The first-order valence-corrected chi connectivity index (χ1v) is 8.10. The van der Waals surface area contributed by atoms with Crippen molar-refractivity contribution in [3.05, 3.63) is 36.4 Å². The molecule has 0 atom stereocenters. The lowest BCUT2D eigenvalue weighted by Gasteiger charge is -2.16. The van der Waals surface area contributed by atoms with Gasteiger partial charge in [-0.3, -0.25) is 31.3 Å². The third-order valence-electron chi connectivity index (χ3n) is 3.66. The Kier molecular flexibility index (Phi) is 7.14. The van der Waals surface area contributed by atoms with E-state index in [4.69, 9.17) is 18.9 Å². The number of carbonyl (C=O) groups is 2. The highest BCUT2D eigenvalue weighted by Gasteiger charge is 2.17. The Morgan fingerprint density at radius 1 is 0.607 bits per heavy atom. The number of methoxy groups -OCH3 is 4. The van der Waals surface area contributed by atoms with Crippen LogP contribution >= 0.6 is 0 Å². The first kappa shape index (κ1) is 20.5. The van der Waals surface area contributed by atoms with Crippen LogP contribution in [-0.2, 0) is 9.59 Å². The minimum Gasteiger partial charge on any atom is -0.494 e. The van der Waals surface area contributed by atoms with Crippen molar-refractivity contribution in [2.45, 2.75) is 0 Å². The van der Waals surface area contributed by atoms with Gasteiger partial charge < -0.3 is 18.9 Å². The van der Waals surface area contributed by atoms with Gasteiger partial charge in [-0.1, -0.05) is 12.1 Å². The van der Waals surface area contributed by atoms with Gasteiger partial charge in [0.25, 0.3) is 0 Å². The topological polar surface area (TPSA) is 119 Å². The Bertz CT molecular complexity index is 729. The maximum Gasteiger partial charge on any atom is 0.329 e. The van der Waals surface area contributed by atoms with E-state index in [0.29, 0.717) is 34.4 Å². The molecule has 0 spiro atoms. The SMILES string of the molecule is COc1cccc(OC)c1NNC(=O)C(=O)NNc1c(OC)cccc1OC. The van der Waals surface area contributed by atoms with E-state index in [-0.39, 0.29) is 0 Å². The summed E-state index contributed by atoms with van der Waals surface area (Å²) in [6, 6.07) is 10.1. The second-order valence-corrected chi connectivity index (χ2v) is 5.23. The van der Waals surface area contributed by atoms with E-state index in [2.05, 4.69) is 21.7 Å². The highest BCUT2D eigenvalue weighted by molar-refractivity contribution is 6.35. The van der Waals surface area contributed by atoms with Crippen molar-refractivity contribution >= 4 is 23.2 Å². The number of hydrazine groups is 2. The van der Waals surface area contributed by atoms with Gasteiger partial charge in [-0.05, 0) is 24.3 Å². The number of carbonyl (C=O) groups excluding carboxylic acids is 2. The molecule has 0 fully saturated rings. The van der Waals surface area contributed by atoms with E-state index < -0.39 is 11.8 Å². The van der Waals surface area contributed by atoms with Gasteiger partial charge in [0, 0.05) is 0 Å². The normalized spacial score (nSPS) is 9.71. The van der Waals surface area contributed by atoms with Crippen LogP contribution in [0.4, 0.5) is 11.4 Å². The molecule has 10 nitrogen and oxygen atoms in total. The van der Waals surface area contributed by atoms with Crippen molar-refractivity contribution in [1.29, 1.82) is 0 Å². The number of anilines is 2. The minimum atomic E-state index is -0.950. The molecule has 0 heterocycles. The molecule has 2 rings (SSSR count). The number of para-hydroxylation sites is 2. The zero-order valence-corrected chi connectivity index (χ0v) is 15.9. The third kappa shape index (κ3) is 4.67. The fourth-order valence-corrected chi connectivity index (χ4v) is 2.30. The molecule has 0 aliphatic heterocycles. The number of hydrogen-bond donors (Lipinski definition) is 4. The number of nitrogens with one attached hydrogen (secondary N) is 4. The first-order valence-electron chi connectivity index (χ1n) is 8.10. The average molecular weight is 390 g/mol. The molecule has 2 aromatic rings. The van der Waals surface area contributed by atoms with Crippen LogP contribution in [0, 0.1) is 0 Å². The van der Waals surface area contributed by atoms with Crippen molar-refractivity contribution in [2.24, 2.45) is 0 Å². The van der Waals surface area contributed by atoms with Crippen molar-refractivity contribution in [3.8, 4) is 23.0 Å². The van der Waals surface area contributed by atoms with E-state index in [0.717, 1.165) is 0 Å². The van der Waals surface area contributed by atoms with Crippen molar-refractivity contribution in [2.75, 3.05) is 39.3 Å². The Labute approximate surface area is 162 Å². The van der Waals surface area contributed by atoms with Crippen LogP contribution in [0.1, 0.15) is 0 Å². The van der Waals surface area contributed by atoms with E-state index >= 15 is 0 Å². The standard InChI is InChI=1S/C18H22N4O6/c1-25-11-7-5-8-12(26-2)15(11)19-21-17(23)18(24)22-20-16-13(27-3)9-6-10-14(16)28-4/h5-10,19-20H,1-4H3,(H,21,23)(H,22,24). The molecule has 2 amide bonds. The number of benzene rings is 2. The van der Waals surface area contributed by atoms with Crippen LogP contribution in [0.2, 0.25) is 0 Å². The quantitative estimate of drug-likeness (QED) is 0.393. The van der Waals surface area contributed by atoms with Gasteiger partial charge in [-0.15, -0.1) is 0 Å². The lowest BCUT2D eigenvalue weighted by Crippen LogP contribution is -2.44. The van der Waals surface area contributed by atoms with Gasteiger partial charge in [-0.25, -0.2) is 0 Å². The fraction of sp³-hybridized carbons (Fsp3) is 0.222. The van der Waals surface area contributed by atoms with Gasteiger partial charge in [0.2, 0.25) is 0 Å². The van der Waals surface area contributed by atoms with Crippen LogP contribution in [-0.4, -0.2) is 40.3 Å². The summed E-state index contributed by atoms with van der Waals surface area (Å²) >= 11 is 0. The average Bonchev–Trinajstić information content (AvgIpc) is 2.74. The second-order valence-electron chi connectivity index (χ2n) is 5.23. The van der Waals surface area contributed by atoms with E-state index in [1.807, 2.05) is 0 Å². The summed E-state index contributed by atoms with van der Waals surface area (Å²) < 4.78 is 20.8. The highest BCUT2D eigenvalue weighted by Crippen LogP contribution is 2.34. The second kappa shape index (κ2) is 9.76. The summed E-state index contributed by atoms with van der Waals surface area (Å²) in [5.41, 5.74) is 10.5. The smallest absolute Gasteiger partial charge is 0.329 e. The molecule has 0 saturated heterocycles. The maximum atomic E-state index is 12.1. The third-order valence-corrected chi connectivity index (χ3v) is 3.66. The molecule has 0 radical (unpaired) electrons. The van der Waals surface area contributed by atoms with Gasteiger partial charge in [0.15, 0.2) is 0 Å². The van der Waals surface area contributed by atoms with Gasteiger partial charge in [0.05, 0.1) is 28.4 Å². The molecule has 0 bridgehead atoms. The van der Waals surface area contributed by atoms with Gasteiger partial charge >= 0.3 is 11.8 Å². The largest absolute Gasteiger partial charge is 0.494 e. The molecule has 10 heteroatoms. The number of amides is 2. The summed E-state index contributed by atoms with van der Waals surface area (Å²) in [4.78, 5) is 24.2. The Balaban J connectivity index is 2.01. The fourth-order valence-electron chi connectivity index (χ4n) is 2.30. The zero-order valence-electron chi connectivity index (χ0n) is 15.9. The molecule has 150 valence electrons. The van der Waals surface area contributed by atoms with E-state index in [1.165, 1.54) is 28.4 Å². The van der Waals surface area contributed by atoms with Crippen LogP contribution in [0.15, 0.2) is 36.4 Å². The lowest BCUT2D eigenvalue weighted by atomic mass is 10.2. The molecule has 2 aromatic carbocycles. The van der Waals surface area contributed by atoms with Crippen LogP contribution < -0.4 is 40.7 Å². The number of ether oxygens (including phenoxy) is 4. The first-order chi connectivity index (χ1) is 13.5. The summed E-state index contributed by atoms with van der Waals surface area (Å²) in [7, 11) is 5.89. The molecule has 0 saturated carbocycles. The molecular formula is C18H22N4O6. The van der Waals surface area contributed by atoms with Crippen molar-refractivity contribution < 1.29 is 28.5 Å². The van der Waals surface area contributed by atoms with Gasteiger partial charge in [-0.2, -0.15) is 0 Å². The van der Waals surface area contributed by atoms with Crippen LogP contribution in [0.3, 0.4) is 0 Å². The van der Waals surface area contributed by atoms with E-state index in [1.54, 1.807) is 36.4 Å². The predicted molar refractivity (Wildman–Crippen MR) is 103 cm³/mol. The minimum absolute atomic E-state index is 0.369. The Hall–Kier alpha value is -3.82. The molecule has 0 aliphatic carbocycles. The van der Waals surface area contributed by atoms with Gasteiger partial charge in [0.1, 0.15) is 34.4 Å².